The Morgan fingerprint density at radius 1 is 1.26 bits per heavy atom. The molecule has 0 radical (unpaired) electrons. The second-order valence-corrected chi connectivity index (χ2v) is 6.58. The molecule has 3 nitrogen and oxygen atoms in total. The summed E-state index contributed by atoms with van der Waals surface area (Å²) in [5, 5.41) is 3.29. The lowest BCUT2D eigenvalue weighted by molar-refractivity contribution is -0.133. The Kier molecular flexibility index (Phi) is 5.08. The molecule has 1 unspecified atom stereocenters. The van der Waals surface area contributed by atoms with E-state index in [9.17, 15) is 9.18 Å². The van der Waals surface area contributed by atoms with E-state index in [0.29, 0.717) is 19.5 Å². The smallest absolute Gasteiger partial charge is 0.227 e. The molecule has 1 amide bonds. The molecule has 0 bridgehead atoms. The van der Waals surface area contributed by atoms with Crippen molar-refractivity contribution < 1.29 is 9.18 Å². The van der Waals surface area contributed by atoms with Gasteiger partial charge in [0, 0.05) is 24.1 Å². The lowest BCUT2D eigenvalue weighted by atomic mass is 10.0. The maximum atomic E-state index is 13.5. The van der Waals surface area contributed by atoms with Gasteiger partial charge >= 0.3 is 0 Å². The van der Waals surface area contributed by atoms with Gasteiger partial charge in [0.05, 0.1) is 12.5 Å². The van der Waals surface area contributed by atoms with Gasteiger partial charge in [-0.1, -0.05) is 40.2 Å². The second-order valence-electron chi connectivity index (χ2n) is 5.67. The molecule has 1 saturated heterocycles. The molecular formula is C18H18BrFN2O. The average Bonchev–Trinajstić information content (AvgIpc) is 2.55. The Bertz CT molecular complexity index is 707. The molecule has 2 aromatic rings. The van der Waals surface area contributed by atoms with E-state index < -0.39 is 0 Å². The number of carbonyl (C=O) groups is 1. The quantitative estimate of drug-likeness (QED) is 0.890. The predicted molar refractivity (Wildman–Crippen MR) is 91.6 cm³/mol. The van der Waals surface area contributed by atoms with Crippen LogP contribution >= 0.6 is 15.9 Å². The average molecular weight is 377 g/mol. The van der Waals surface area contributed by atoms with E-state index in [1.165, 1.54) is 12.1 Å². The van der Waals surface area contributed by atoms with Gasteiger partial charge in [0.1, 0.15) is 5.82 Å². The number of hydrogen-bond donors (Lipinski definition) is 1. The van der Waals surface area contributed by atoms with E-state index >= 15 is 0 Å². The van der Waals surface area contributed by atoms with Gasteiger partial charge in [-0.25, -0.2) is 4.39 Å². The summed E-state index contributed by atoms with van der Waals surface area (Å²) < 4.78 is 14.5. The van der Waals surface area contributed by atoms with Crippen molar-refractivity contribution in [3.63, 3.8) is 0 Å². The number of halogens is 2. The van der Waals surface area contributed by atoms with Gasteiger partial charge in [0.15, 0.2) is 0 Å². The van der Waals surface area contributed by atoms with E-state index in [-0.39, 0.29) is 17.8 Å². The minimum Gasteiger partial charge on any atom is -0.333 e. The zero-order chi connectivity index (χ0) is 16.2. The standard InChI is InChI=1S/C18H18BrFN2O/c19-15-5-1-3-13(9-15)10-18(23)22-8-7-21-12-17(22)14-4-2-6-16(20)11-14/h1-6,9,11,17,21H,7-8,10,12H2. The SMILES string of the molecule is O=C(Cc1cccc(Br)c1)N1CCNCC1c1cccc(F)c1. The van der Waals surface area contributed by atoms with Crippen molar-refractivity contribution >= 4 is 21.8 Å². The third-order valence-corrected chi connectivity index (χ3v) is 4.53. The normalized spacial score (nSPS) is 18.0. The van der Waals surface area contributed by atoms with Crippen LogP contribution in [0, 0.1) is 5.82 Å². The summed E-state index contributed by atoms with van der Waals surface area (Å²) >= 11 is 3.43. The molecule has 1 N–H and O–H groups in total. The number of nitrogens with zero attached hydrogens (tertiary/aromatic N) is 1. The highest BCUT2D eigenvalue weighted by Gasteiger charge is 2.27. The minimum atomic E-state index is -0.271. The summed E-state index contributed by atoms with van der Waals surface area (Å²) in [5.74, 6) is -0.202. The maximum Gasteiger partial charge on any atom is 0.227 e. The number of rotatable bonds is 3. The molecule has 1 atom stereocenters. The summed E-state index contributed by atoms with van der Waals surface area (Å²) in [6.45, 7) is 2.04. The lowest BCUT2D eigenvalue weighted by Crippen LogP contribution is -2.49. The van der Waals surface area contributed by atoms with Crippen LogP contribution in [0.25, 0.3) is 0 Å². The molecule has 0 aromatic heterocycles. The summed E-state index contributed by atoms with van der Waals surface area (Å²) in [4.78, 5) is 14.6. The Morgan fingerprint density at radius 2 is 2.09 bits per heavy atom. The van der Waals surface area contributed by atoms with Gasteiger partial charge in [-0.2, -0.15) is 0 Å². The van der Waals surface area contributed by atoms with Crippen LogP contribution in [0.3, 0.4) is 0 Å². The molecule has 3 rings (SSSR count). The van der Waals surface area contributed by atoms with Crippen molar-refractivity contribution in [2.24, 2.45) is 0 Å². The molecule has 0 aliphatic carbocycles. The van der Waals surface area contributed by atoms with Crippen LogP contribution < -0.4 is 5.32 Å². The van der Waals surface area contributed by atoms with Crippen LogP contribution in [0.2, 0.25) is 0 Å². The molecule has 0 saturated carbocycles. The topological polar surface area (TPSA) is 32.3 Å². The van der Waals surface area contributed by atoms with Crippen molar-refractivity contribution in [2.45, 2.75) is 12.5 Å². The number of carbonyl (C=O) groups excluding carboxylic acids is 1. The van der Waals surface area contributed by atoms with E-state index in [1.54, 1.807) is 6.07 Å². The number of hydrogen-bond acceptors (Lipinski definition) is 2. The van der Waals surface area contributed by atoms with Crippen LogP contribution in [-0.2, 0) is 11.2 Å². The van der Waals surface area contributed by atoms with Crippen molar-refractivity contribution in [2.75, 3.05) is 19.6 Å². The first-order chi connectivity index (χ1) is 11.1. The van der Waals surface area contributed by atoms with Crippen LogP contribution in [0.4, 0.5) is 4.39 Å². The zero-order valence-corrected chi connectivity index (χ0v) is 14.2. The molecule has 0 spiro atoms. The van der Waals surface area contributed by atoms with Gasteiger partial charge in [-0.05, 0) is 35.4 Å². The van der Waals surface area contributed by atoms with Gasteiger partial charge in [-0.3, -0.25) is 4.79 Å². The molecule has 23 heavy (non-hydrogen) atoms. The first-order valence-electron chi connectivity index (χ1n) is 7.63. The van der Waals surface area contributed by atoms with E-state index in [0.717, 1.165) is 22.1 Å². The Labute approximate surface area is 143 Å². The highest BCUT2D eigenvalue weighted by molar-refractivity contribution is 9.10. The van der Waals surface area contributed by atoms with Crippen LogP contribution in [0.5, 0.6) is 0 Å². The second kappa shape index (κ2) is 7.23. The van der Waals surface area contributed by atoms with E-state index in [2.05, 4.69) is 21.2 Å². The predicted octanol–water partition coefficient (Wildman–Crippen LogP) is 3.30. The monoisotopic (exact) mass is 376 g/mol. The number of benzene rings is 2. The van der Waals surface area contributed by atoms with E-state index in [4.69, 9.17) is 0 Å². The first-order valence-corrected chi connectivity index (χ1v) is 8.43. The van der Waals surface area contributed by atoms with E-state index in [1.807, 2.05) is 35.2 Å². The van der Waals surface area contributed by atoms with Crippen LogP contribution in [0.15, 0.2) is 53.0 Å². The highest BCUT2D eigenvalue weighted by atomic mass is 79.9. The van der Waals surface area contributed by atoms with Crippen molar-refractivity contribution in [3.8, 4) is 0 Å². The van der Waals surface area contributed by atoms with Gasteiger partial charge in [0.25, 0.3) is 0 Å². The fraction of sp³-hybridized carbons (Fsp3) is 0.278. The fourth-order valence-electron chi connectivity index (χ4n) is 2.94. The van der Waals surface area contributed by atoms with Crippen molar-refractivity contribution in [3.05, 3.63) is 69.9 Å². The highest BCUT2D eigenvalue weighted by Crippen LogP contribution is 2.24. The van der Waals surface area contributed by atoms with Crippen molar-refractivity contribution in [1.82, 2.24) is 10.2 Å². The Morgan fingerprint density at radius 3 is 2.87 bits per heavy atom. The lowest BCUT2D eigenvalue weighted by Gasteiger charge is -2.36. The van der Waals surface area contributed by atoms with Gasteiger partial charge in [-0.15, -0.1) is 0 Å². The van der Waals surface area contributed by atoms with Crippen molar-refractivity contribution in [1.29, 1.82) is 0 Å². The van der Waals surface area contributed by atoms with Crippen LogP contribution in [-0.4, -0.2) is 30.4 Å². The molecule has 120 valence electrons. The molecule has 1 aliphatic heterocycles. The third-order valence-electron chi connectivity index (χ3n) is 4.04. The molecule has 1 heterocycles. The molecule has 2 aromatic carbocycles. The molecule has 1 aliphatic rings. The fourth-order valence-corrected chi connectivity index (χ4v) is 3.38. The molecular weight excluding hydrogens is 359 g/mol. The van der Waals surface area contributed by atoms with Crippen LogP contribution in [0.1, 0.15) is 17.2 Å². The number of nitrogens with one attached hydrogen (secondary N) is 1. The number of piperazine rings is 1. The molecule has 1 fully saturated rings. The Balaban J connectivity index is 1.79. The summed E-state index contributed by atoms with van der Waals surface area (Å²) in [6.07, 6.45) is 0.352. The summed E-state index contributed by atoms with van der Waals surface area (Å²) in [5.41, 5.74) is 1.81. The number of amides is 1. The molecule has 5 heteroatoms. The Hall–Kier alpha value is -1.72. The summed E-state index contributed by atoms with van der Waals surface area (Å²) in [7, 11) is 0. The summed E-state index contributed by atoms with van der Waals surface area (Å²) in [6, 6.07) is 14.1. The maximum absolute atomic E-state index is 13.5. The zero-order valence-electron chi connectivity index (χ0n) is 12.6. The van der Waals surface area contributed by atoms with Gasteiger partial charge < -0.3 is 10.2 Å². The first kappa shape index (κ1) is 16.1. The van der Waals surface area contributed by atoms with Gasteiger partial charge in [0.2, 0.25) is 5.91 Å². The minimum absolute atomic E-state index is 0.0684. The third kappa shape index (κ3) is 3.98. The largest absolute Gasteiger partial charge is 0.333 e.